The van der Waals surface area contributed by atoms with Crippen LogP contribution in [0.3, 0.4) is 0 Å². The summed E-state index contributed by atoms with van der Waals surface area (Å²) in [6.07, 6.45) is 4.49. The molecule has 0 bridgehead atoms. The van der Waals surface area contributed by atoms with Crippen LogP contribution in [0.15, 0.2) is 11.6 Å². The summed E-state index contributed by atoms with van der Waals surface area (Å²) in [6.45, 7) is 3.34. The minimum Gasteiger partial charge on any atom is -0.316 e. The van der Waals surface area contributed by atoms with E-state index in [2.05, 4.69) is 22.2 Å². The molecule has 52 valence electrons. The predicted molar refractivity (Wildman–Crippen MR) is 41.5 cm³/mol. The lowest BCUT2D eigenvalue weighted by atomic mass is 10.3. The Bertz CT molecular complexity index is 95.2. The van der Waals surface area contributed by atoms with Gasteiger partial charge >= 0.3 is 0 Å². The highest BCUT2D eigenvalue weighted by atomic mass is 32.2. The number of unbranched alkanes of at least 4 members (excludes halogenated alkanes) is 1. The van der Waals surface area contributed by atoms with Gasteiger partial charge in [-0.25, -0.2) is 0 Å². The molecule has 1 aliphatic rings. The largest absolute Gasteiger partial charge is 0.316 e. The van der Waals surface area contributed by atoms with Crippen LogP contribution in [0.4, 0.5) is 0 Å². The number of nitrogens with one attached hydrogen (secondary N) is 1. The molecule has 0 atom stereocenters. The van der Waals surface area contributed by atoms with E-state index < -0.39 is 0 Å². The Hall–Kier alpha value is -0.150. The van der Waals surface area contributed by atoms with Crippen molar-refractivity contribution < 1.29 is 0 Å². The SMILES string of the molecule is CCCCN1NC=CS1. The van der Waals surface area contributed by atoms with Gasteiger partial charge in [0.2, 0.25) is 0 Å². The lowest BCUT2D eigenvalue weighted by Gasteiger charge is -2.12. The van der Waals surface area contributed by atoms with Gasteiger partial charge in [-0.3, -0.25) is 0 Å². The molecular weight excluding hydrogens is 132 g/mol. The van der Waals surface area contributed by atoms with Crippen molar-refractivity contribution in [2.75, 3.05) is 6.54 Å². The summed E-state index contributed by atoms with van der Waals surface area (Å²) in [7, 11) is 0. The molecule has 0 saturated carbocycles. The molecular formula is C6H12N2S. The monoisotopic (exact) mass is 144 g/mol. The molecule has 1 rings (SSSR count). The number of hydrogen-bond donors (Lipinski definition) is 1. The summed E-state index contributed by atoms with van der Waals surface area (Å²) in [5.74, 6) is 0. The van der Waals surface area contributed by atoms with E-state index in [0.29, 0.717) is 0 Å². The van der Waals surface area contributed by atoms with Crippen molar-refractivity contribution in [1.29, 1.82) is 0 Å². The fourth-order valence-corrected chi connectivity index (χ4v) is 1.29. The first-order valence-corrected chi connectivity index (χ1v) is 4.12. The second-order valence-corrected chi connectivity index (χ2v) is 2.92. The normalized spacial score (nSPS) is 18.3. The van der Waals surface area contributed by atoms with Gasteiger partial charge in [0.15, 0.2) is 0 Å². The van der Waals surface area contributed by atoms with Crippen molar-refractivity contribution in [3.63, 3.8) is 0 Å². The summed E-state index contributed by atoms with van der Waals surface area (Å²) in [6, 6.07) is 0. The van der Waals surface area contributed by atoms with Crippen LogP contribution < -0.4 is 5.43 Å². The average Bonchev–Trinajstić information content (AvgIpc) is 2.34. The Morgan fingerprint density at radius 2 is 2.56 bits per heavy atom. The van der Waals surface area contributed by atoms with Crippen LogP contribution in [0.5, 0.6) is 0 Å². The summed E-state index contributed by atoms with van der Waals surface area (Å²) in [4.78, 5) is 0. The Morgan fingerprint density at radius 1 is 1.67 bits per heavy atom. The van der Waals surface area contributed by atoms with Gasteiger partial charge in [-0.2, -0.15) is 4.41 Å². The van der Waals surface area contributed by atoms with Crippen LogP contribution in [0.2, 0.25) is 0 Å². The van der Waals surface area contributed by atoms with Crippen molar-refractivity contribution in [3.8, 4) is 0 Å². The molecule has 0 saturated heterocycles. The van der Waals surface area contributed by atoms with Crippen molar-refractivity contribution in [1.82, 2.24) is 9.84 Å². The van der Waals surface area contributed by atoms with E-state index in [1.807, 2.05) is 6.20 Å². The Morgan fingerprint density at radius 3 is 3.11 bits per heavy atom. The van der Waals surface area contributed by atoms with Gasteiger partial charge in [-0.05, 0) is 18.4 Å². The summed E-state index contributed by atoms with van der Waals surface area (Å²) in [5, 5.41) is 2.05. The van der Waals surface area contributed by atoms with Crippen LogP contribution in [0.25, 0.3) is 0 Å². The van der Waals surface area contributed by atoms with Crippen molar-refractivity contribution >= 4 is 11.9 Å². The third-order valence-corrected chi connectivity index (χ3v) is 1.99. The van der Waals surface area contributed by atoms with Gasteiger partial charge in [-0.15, -0.1) is 0 Å². The van der Waals surface area contributed by atoms with Crippen LogP contribution in [0, 0.1) is 0 Å². The molecule has 1 heterocycles. The standard InChI is InChI=1S/C6H12N2S/c1-2-3-5-8-7-4-6-9-8/h4,6-7H,2-3,5H2,1H3. The minimum absolute atomic E-state index is 1.13. The zero-order chi connectivity index (χ0) is 6.53. The number of hydrogen-bond acceptors (Lipinski definition) is 3. The molecule has 0 spiro atoms. The Kier molecular flexibility index (Phi) is 2.94. The van der Waals surface area contributed by atoms with Gasteiger partial charge in [0.25, 0.3) is 0 Å². The van der Waals surface area contributed by atoms with E-state index in [4.69, 9.17) is 0 Å². The maximum absolute atomic E-state index is 3.11. The van der Waals surface area contributed by atoms with Gasteiger partial charge < -0.3 is 5.43 Å². The van der Waals surface area contributed by atoms with Crippen LogP contribution in [0.1, 0.15) is 19.8 Å². The fourth-order valence-electron chi connectivity index (χ4n) is 0.667. The Balaban J connectivity index is 2.01. The number of rotatable bonds is 3. The summed E-state index contributed by atoms with van der Waals surface area (Å²) in [5.41, 5.74) is 3.11. The average molecular weight is 144 g/mol. The number of hydrazine groups is 1. The maximum atomic E-state index is 3.11. The summed E-state index contributed by atoms with van der Waals surface area (Å²) < 4.78 is 2.13. The first-order chi connectivity index (χ1) is 4.43. The molecule has 1 aliphatic heterocycles. The maximum Gasteiger partial charge on any atom is 0.0297 e. The van der Waals surface area contributed by atoms with Gasteiger partial charge in [0.1, 0.15) is 0 Å². The highest BCUT2D eigenvalue weighted by Gasteiger charge is 2.03. The van der Waals surface area contributed by atoms with Crippen molar-refractivity contribution in [2.24, 2.45) is 0 Å². The fraction of sp³-hybridized carbons (Fsp3) is 0.667. The molecule has 3 heteroatoms. The molecule has 0 radical (unpaired) electrons. The molecule has 1 N–H and O–H groups in total. The van der Waals surface area contributed by atoms with E-state index >= 15 is 0 Å². The highest BCUT2D eigenvalue weighted by molar-refractivity contribution is 8.00. The topological polar surface area (TPSA) is 15.3 Å². The number of nitrogens with zero attached hydrogens (tertiary/aromatic N) is 1. The van der Waals surface area contributed by atoms with Crippen LogP contribution >= 0.6 is 11.9 Å². The highest BCUT2D eigenvalue weighted by Crippen LogP contribution is 2.13. The quantitative estimate of drug-likeness (QED) is 0.607. The van der Waals surface area contributed by atoms with E-state index in [-0.39, 0.29) is 0 Å². The van der Waals surface area contributed by atoms with Gasteiger partial charge in [0.05, 0.1) is 0 Å². The van der Waals surface area contributed by atoms with Crippen molar-refractivity contribution in [3.05, 3.63) is 11.6 Å². The molecule has 0 aromatic heterocycles. The Labute approximate surface area is 60.4 Å². The van der Waals surface area contributed by atoms with Gasteiger partial charge in [0, 0.05) is 18.2 Å². The molecule has 9 heavy (non-hydrogen) atoms. The van der Waals surface area contributed by atoms with E-state index in [1.54, 1.807) is 11.9 Å². The lowest BCUT2D eigenvalue weighted by molar-refractivity contribution is 0.408. The zero-order valence-corrected chi connectivity index (χ0v) is 6.45. The smallest absolute Gasteiger partial charge is 0.0297 e. The predicted octanol–water partition coefficient (Wildman–Crippen LogP) is 1.73. The second-order valence-electron chi connectivity index (χ2n) is 1.99. The van der Waals surface area contributed by atoms with E-state index in [0.717, 1.165) is 6.54 Å². The van der Waals surface area contributed by atoms with Crippen LogP contribution in [-0.4, -0.2) is 11.0 Å². The molecule has 0 amide bonds. The van der Waals surface area contributed by atoms with Gasteiger partial charge in [-0.1, -0.05) is 13.3 Å². The lowest BCUT2D eigenvalue weighted by Crippen LogP contribution is -2.24. The molecule has 0 unspecified atom stereocenters. The van der Waals surface area contributed by atoms with E-state index in [9.17, 15) is 0 Å². The third kappa shape index (κ3) is 2.28. The molecule has 0 aromatic carbocycles. The molecule has 0 aliphatic carbocycles. The zero-order valence-electron chi connectivity index (χ0n) is 5.63. The molecule has 0 aromatic rings. The third-order valence-electron chi connectivity index (χ3n) is 1.19. The first kappa shape index (κ1) is 6.96. The molecule has 0 fully saturated rings. The van der Waals surface area contributed by atoms with Crippen molar-refractivity contribution in [2.45, 2.75) is 19.8 Å². The minimum atomic E-state index is 1.13. The van der Waals surface area contributed by atoms with E-state index in [1.165, 1.54) is 12.8 Å². The first-order valence-electron chi connectivity index (χ1n) is 3.29. The molecule has 2 nitrogen and oxygen atoms in total. The summed E-state index contributed by atoms with van der Waals surface area (Å²) >= 11 is 1.72. The second kappa shape index (κ2) is 3.80. The van der Waals surface area contributed by atoms with Crippen LogP contribution in [-0.2, 0) is 0 Å².